The zero-order chi connectivity index (χ0) is 20.2. The van der Waals surface area contributed by atoms with Gasteiger partial charge in [0.2, 0.25) is 0 Å². The second-order valence-electron chi connectivity index (χ2n) is 6.28. The van der Waals surface area contributed by atoms with Crippen molar-refractivity contribution in [2.75, 3.05) is 0 Å². The lowest BCUT2D eigenvalue weighted by Crippen LogP contribution is -2.27. The Morgan fingerprint density at radius 2 is 1.18 bits per heavy atom. The first kappa shape index (κ1) is 19.0. The van der Waals surface area contributed by atoms with Crippen LogP contribution in [0.2, 0.25) is 0 Å². The number of fused-ring (bicyclic) bond motifs is 3. The molecule has 0 N–H and O–H groups in total. The second kappa shape index (κ2) is 6.37. The Balaban J connectivity index is 2.13. The summed E-state index contributed by atoms with van der Waals surface area (Å²) in [6, 6.07) is 20.5. The van der Waals surface area contributed by atoms with Crippen LogP contribution in [0, 0.1) is 6.92 Å². The molecule has 0 radical (unpaired) electrons. The van der Waals surface area contributed by atoms with E-state index in [0.29, 0.717) is 31.4 Å². The largest absolute Gasteiger partial charge is 0.524 e. The maximum Gasteiger partial charge on any atom is 0.524 e. The number of hydrogen-bond acceptors (Lipinski definition) is 3. The van der Waals surface area contributed by atoms with Gasteiger partial charge in [0.25, 0.3) is 0 Å². The van der Waals surface area contributed by atoms with Crippen molar-refractivity contribution in [3.63, 3.8) is 0 Å². The monoisotopic (exact) mass is 424 g/mol. The molecule has 0 aromatic heterocycles. The van der Waals surface area contributed by atoms with Crippen molar-refractivity contribution in [3.05, 3.63) is 78.4 Å². The molecule has 3 aromatic rings. The van der Waals surface area contributed by atoms with E-state index in [-0.39, 0.29) is 0 Å². The van der Waals surface area contributed by atoms with Gasteiger partial charge in [-0.1, -0.05) is 54.6 Å². The summed E-state index contributed by atoms with van der Waals surface area (Å²) >= 11 is 0. The first-order chi connectivity index (χ1) is 13.2. The minimum Gasteiger partial charge on any atom is -0.200 e. The first-order valence-corrected chi connectivity index (χ1v) is 11.2. The highest BCUT2D eigenvalue weighted by atomic mass is 32.3. The summed E-state index contributed by atoms with van der Waals surface area (Å²) in [4.78, 5) is 1.32. The Bertz CT molecular complexity index is 1130. The van der Waals surface area contributed by atoms with E-state index < -0.39 is 25.9 Å². The maximum atomic E-state index is 13.3. The first-order valence-electron chi connectivity index (χ1n) is 8.28. The molecule has 0 bridgehead atoms. The average Bonchev–Trinajstić information content (AvgIpc) is 2.92. The Labute approximate surface area is 162 Å². The molecular weight excluding hydrogens is 409 g/mol. The predicted octanol–water partition coefficient (Wildman–Crippen LogP) is 6.04. The quantitative estimate of drug-likeness (QED) is 0.482. The molecule has 0 atom stereocenters. The van der Waals surface area contributed by atoms with E-state index in [1.54, 1.807) is 79.7 Å². The molecule has 0 spiro atoms. The highest BCUT2D eigenvalue weighted by molar-refractivity contribution is 8.33. The van der Waals surface area contributed by atoms with Crippen molar-refractivity contribution in [2.24, 2.45) is 0 Å². The normalized spacial score (nSPS) is 16.3. The molecule has 0 amide bonds. The molecule has 0 unspecified atom stereocenters. The summed E-state index contributed by atoms with van der Waals surface area (Å²) in [5.41, 5.74) is -3.52. The average molecular weight is 424 g/mol. The summed E-state index contributed by atoms with van der Waals surface area (Å²) in [5, 5.41) is 0. The van der Waals surface area contributed by atoms with Crippen LogP contribution in [0.25, 0.3) is 11.1 Å². The van der Waals surface area contributed by atoms with Crippen molar-refractivity contribution in [1.82, 2.24) is 0 Å². The van der Waals surface area contributed by atoms with Crippen LogP contribution in [0.1, 0.15) is 5.56 Å². The molecule has 0 saturated carbocycles. The van der Waals surface area contributed by atoms with Crippen LogP contribution in [0.4, 0.5) is 13.2 Å². The van der Waals surface area contributed by atoms with E-state index in [4.69, 9.17) is 3.63 Å². The van der Waals surface area contributed by atoms with Gasteiger partial charge in [0.05, 0.1) is 0 Å². The molecule has 1 heterocycles. The van der Waals surface area contributed by atoms with Crippen LogP contribution in [0.15, 0.2) is 87.5 Å². The lowest BCUT2D eigenvalue weighted by atomic mass is 10.1. The second-order valence-corrected chi connectivity index (χ2v) is 10.6. The van der Waals surface area contributed by atoms with Gasteiger partial charge in [0, 0.05) is 14.7 Å². The van der Waals surface area contributed by atoms with Crippen LogP contribution in [-0.2, 0) is 13.7 Å². The Morgan fingerprint density at radius 1 is 0.750 bits per heavy atom. The Hall–Kier alpha value is -2.29. The Morgan fingerprint density at radius 3 is 1.64 bits per heavy atom. The van der Waals surface area contributed by atoms with Crippen LogP contribution in [-0.4, -0.2) is 13.9 Å². The zero-order valence-electron chi connectivity index (χ0n) is 14.6. The number of rotatable bonds is 3. The van der Waals surface area contributed by atoms with Gasteiger partial charge in [0.1, 0.15) is 0 Å². The van der Waals surface area contributed by atoms with Crippen molar-refractivity contribution in [2.45, 2.75) is 27.1 Å². The topological polar surface area (TPSA) is 43.4 Å². The standard InChI is InChI=1S/C20H15F3O3S2/c1-14-8-2-5-11-17(14)27(26-28(24,25)20(21,22)23)18-12-6-3-9-15(18)16-10-4-7-13-19(16)27/h2-13H,1H3. The molecule has 3 nitrogen and oxygen atoms in total. The van der Waals surface area contributed by atoms with Crippen LogP contribution in [0.5, 0.6) is 0 Å². The van der Waals surface area contributed by atoms with E-state index in [2.05, 4.69) is 0 Å². The lowest BCUT2D eigenvalue weighted by Gasteiger charge is -2.37. The van der Waals surface area contributed by atoms with Gasteiger partial charge in [-0.15, -0.1) is 0 Å². The van der Waals surface area contributed by atoms with E-state index >= 15 is 0 Å². The van der Waals surface area contributed by atoms with E-state index in [0.717, 1.165) is 0 Å². The van der Waals surface area contributed by atoms with Crippen molar-refractivity contribution in [1.29, 1.82) is 0 Å². The SMILES string of the molecule is Cc1ccccc1S1(OS(=O)(=O)C(F)(F)F)c2ccccc2-c2ccccc21. The lowest BCUT2D eigenvalue weighted by molar-refractivity contribution is -0.0496. The zero-order valence-corrected chi connectivity index (χ0v) is 16.2. The Kier molecular flexibility index (Phi) is 4.33. The third-order valence-electron chi connectivity index (χ3n) is 4.56. The molecule has 1 aliphatic rings. The van der Waals surface area contributed by atoms with Gasteiger partial charge in [-0.05, 0) is 52.1 Å². The minimum atomic E-state index is -5.85. The summed E-state index contributed by atoms with van der Waals surface area (Å²) in [6.07, 6.45) is 0. The van der Waals surface area contributed by atoms with Gasteiger partial charge >= 0.3 is 15.6 Å². The predicted molar refractivity (Wildman–Crippen MR) is 102 cm³/mol. The molecule has 28 heavy (non-hydrogen) atoms. The number of alkyl halides is 3. The fourth-order valence-corrected chi connectivity index (χ4v) is 8.68. The van der Waals surface area contributed by atoms with Crippen molar-refractivity contribution in [3.8, 4) is 11.1 Å². The van der Waals surface area contributed by atoms with Gasteiger partial charge in [-0.3, -0.25) is 0 Å². The van der Waals surface area contributed by atoms with Gasteiger partial charge in [-0.25, -0.2) is 0 Å². The van der Waals surface area contributed by atoms with Crippen molar-refractivity contribution >= 4 is 20.4 Å². The number of halogens is 3. The molecule has 8 heteroatoms. The molecule has 0 fully saturated rings. The minimum absolute atomic E-state index is 0.431. The summed E-state index contributed by atoms with van der Waals surface area (Å²) < 4.78 is 69.6. The highest BCUT2D eigenvalue weighted by Crippen LogP contribution is 2.77. The van der Waals surface area contributed by atoms with Crippen molar-refractivity contribution < 1.29 is 25.2 Å². The third kappa shape index (κ3) is 2.67. The molecular formula is C20H15F3O3S2. The number of aryl methyl sites for hydroxylation is 1. The third-order valence-corrected chi connectivity index (χ3v) is 9.69. The van der Waals surface area contributed by atoms with Crippen LogP contribution in [0.3, 0.4) is 0 Å². The summed E-state index contributed by atoms with van der Waals surface area (Å²) in [7, 11) is -8.99. The molecule has 0 aliphatic carbocycles. The van der Waals surface area contributed by atoms with Gasteiger partial charge in [0.15, 0.2) is 0 Å². The number of hydrogen-bond donors (Lipinski definition) is 0. The van der Waals surface area contributed by atoms with Crippen LogP contribution < -0.4 is 0 Å². The molecule has 0 saturated heterocycles. The fraction of sp³-hybridized carbons (Fsp3) is 0.100. The molecule has 4 rings (SSSR count). The maximum absolute atomic E-state index is 13.3. The summed E-state index contributed by atoms with van der Waals surface area (Å²) in [5.74, 6) is 0. The molecule has 146 valence electrons. The summed E-state index contributed by atoms with van der Waals surface area (Å²) in [6.45, 7) is 1.73. The molecule has 1 aliphatic heterocycles. The number of benzene rings is 3. The van der Waals surface area contributed by atoms with E-state index in [1.807, 2.05) is 0 Å². The highest BCUT2D eigenvalue weighted by Gasteiger charge is 2.54. The van der Waals surface area contributed by atoms with Gasteiger partial charge in [-0.2, -0.15) is 25.2 Å². The van der Waals surface area contributed by atoms with E-state index in [1.165, 1.54) is 0 Å². The van der Waals surface area contributed by atoms with Crippen LogP contribution >= 0.6 is 10.3 Å². The van der Waals surface area contributed by atoms with Gasteiger partial charge < -0.3 is 0 Å². The fourth-order valence-electron chi connectivity index (χ4n) is 3.40. The molecule has 3 aromatic carbocycles. The van der Waals surface area contributed by atoms with E-state index in [9.17, 15) is 21.6 Å². The smallest absolute Gasteiger partial charge is 0.200 e.